The second-order valence-corrected chi connectivity index (χ2v) is 6.69. The fourth-order valence-corrected chi connectivity index (χ4v) is 3.68. The molecule has 0 spiro atoms. The molecule has 5 heteroatoms. The highest BCUT2D eigenvalue weighted by Crippen LogP contribution is 2.38. The lowest BCUT2D eigenvalue weighted by Crippen LogP contribution is -2.53. The monoisotopic (exact) mass is 323 g/mol. The lowest BCUT2D eigenvalue weighted by Gasteiger charge is -2.42. The maximum Gasteiger partial charge on any atom is 0.233 e. The number of hydrogen-bond acceptors (Lipinski definition) is 3. The van der Waals surface area contributed by atoms with Crippen LogP contribution in [0.15, 0.2) is 24.3 Å². The van der Waals surface area contributed by atoms with Crippen molar-refractivity contribution in [3.05, 3.63) is 34.9 Å². The summed E-state index contributed by atoms with van der Waals surface area (Å²) >= 11 is 5.99. The van der Waals surface area contributed by atoms with Gasteiger partial charge in [0.05, 0.1) is 11.5 Å². The second-order valence-electron chi connectivity index (χ2n) is 6.25. The summed E-state index contributed by atoms with van der Waals surface area (Å²) in [5.74, 6) is 0.122. The molecule has 1 N–H and O–H groups in total. The highest BCUT2D eigenvalue weighted by Gasteiger charge is 2.44. The smallest absolute Gasteiger partial charge is 0.233 e. The summed E-state index contributed by atoms with van der Waals surface area (Å²) in [6.07, 6.45) is 2.60. The number of aliphatic hydroxyl groups is 1. The zero-order valence-corrected chi connectivity index (χ0v) is 13.4. The van der Waals surface area contributed by atoms with Gasteiger partial charge in [-0.15, -0.1) is 0 Å². The first-order valence-electron chi connectivity index (χ1n) is 7.93. The van der Waals surface area contributed by atoms with E-state index in [0.717, 1.165) is 24.9 Å². The van der Waals surface area contributed by atoms with Gasteiger partial charge in [-0.2, -0.15) is 0 Å². The van der Waals surface area contributed by atoms with Crippen molar-refractivity contribution in [1.82, 2.24) is 4.90 Å². The van der Waals surface area contributed by atoms with Crippen molar-refractivity contribution >= 4 is 17.5 Å². The zero-order valence-electron chi connectivity index (χ0n) is 12.6. The second kappa shape index (κ2) is 6.57. The van der Waals surface area contributed by atoms with Gasteiger partial charge < -0.3 is 14.7 Å². The largest absolute Gasteiger partial charge is 0.391 e. The van der Waals surface area contributed by atoms with E-state index in [1.165, 1.54) is 0 Å². The van der Waals surface area contributed by atoms with Gasteiger partial charge in [0.2, 0.25) is 5.91 Å². The van der Waals surface area contributed by atoms with Crippen LogP contribution in [0.5, 0.6) is 0 Å². The number of rotatable bonds is 2. The Balaban J connectivity index is 1.91. The molecule has 0 saturated carbocycles. The van der Waals surface area contributed by atoms with Crippen molar-refractivity contribution in [2.24, 2.45) is 0 Å². The highest BCUT2D eigenvalue weighted by atomic mass is 35.5. The van der Waals surface area contributed by atoms with E-state index in [9.17, 15) is 9.90 Å². The van der Waals surface area contributed by atoms with Crippen LogP contribution in [-0.4, -0.2) is 48.3 Å². The highest BCUT2D eigenvalue weighted by molar-refractivity contribution is 6.30. The van der Waals surface area contributed by atoms with Crippen molar-refractivity contribution in [1.29, 1.82) is 0 Å². The Morgan fingerprint density at radius 3 is 2.59 bits per heavy atom. The number of β-amino-alcohol motifs (C(OH)–C–C–N with tert-alkyl or cyclic N) is 1. The van der Waals surface area contributed by atoms with Crippen molar-refractivity contribution in [3.8, 4) is 0 Å². The van der Waals surface area contributed by atoms with Gasteiger partial charge >= 0.3 is 0 Å². The van der Waals surface area contributed by atoms with Gasteiger partial charge in [0.1, 0.15) is 0 Å². The molecule has 2 aliphatic heterocycles. The van der Waals surface area contributed by atoms with Crippen LogP contribution >= 0.6 is 11.6 Å². The molecule has 1 unspecified atom stereocenters. The first-order valence-corrected chi connectivity index (χ1v) is 8.31. The Morgan fingerprint density at radius 2 is 1.95 bits per heavy atom. The lowest BCUT2D eigenvalue weighted by atomic mass is 9.72. The summed E-state index contributed by atoms with van der Waals surface area (Å²) in [7, 11) is 0. The van der Waals surface area contributed by atoms with Crippen molar-refractivity contribution in [2.75, 3.05) is 26.3 Å². The lowest BCUT2D eigenvalue weighted by molar-refractivity contribution is -0.144. The summed E-state index contributed by atoms with van der Waals surface area (Å²) < 4.78 is 5.48. The van der Waals surface area contributed by atoms with E-state index < -0.39 is 11.5 Å². The van der Waals surface area contributed by atoms with Gasteiger partial charge in [-0.25, -0.2) is 0 Å². The van der Waals surface area contributed by atoms with Crippen molar-refractivity contribution in [2.45, 2.75) is 37.2 Å². The number of nitrogens with zero attached hydrogens (tertiary/aromatic N) is 1. The van der Waals surface area contributed by atoms with Crippen LogP contribution < -0.4 is 0 Å². The minimum Gasteiger partial charge on any atom is -0.391 e. The molecule has 22 heavy (non-hydrogen) atoms. The molecule has 0 bridgehead atoms. The summed E-state index contributed by atoms with van der Waals surface area (Å²) in [4.78, 5) is 15.1. The predicted octanol–water partition coefficient (Wildman–Crippen LogP) is 2.37. The van der Waals surface area contributed by atoms with Crippen LogP contribution in [-0.2, 0) is 14.9 Å². The third-order valence-corrected chi connectivity index (χ3v) is 5.09. The van der Waals surface area contributed by atoms with Gasteiger partial charge in [-0.05, 0) is 43.4 Å². The minimum atomic E-state index is -0.542. The third kappa shape index (κ3) is 3.00. The van der Waals surface area contributed by atoms with E-state index >= 15 is 0 Å². The average Bonchev–Trinajstić information content (AvgIpc) is 2.55. The van der Waals surface area contributed by atoms with Gasteiger partial charge in [0.25, 0.3) is 0 Å². The van der Waals surface area contributed by atoms with Crippen LogP contribution in [0.25, 0.3) is 0 Å². The van der Waals surface area contributed by atoms with Crippen molar-refractivity contribution < 1.29 is 14.6 Å². The first-order chi connectivity index (χ1) is 10.6. The molecule has 0 aromatic heterocycles. The Hall–Kier alpha value is -1.10. The Morgan fingerprint density at radius 1 is 1.27 bits per heavy atom. The Labute approximate surface area is 136 Å². The molecular formula is C17H22ClNO3. The Kier molecular flexibility index (Phi) is 4.71. The molecule has 3 rings (SSSR count). The average molecular weight is 324 g/mol. The van der Waals surface area contributed by atoms with E-state index in [0.29, 0.717) is 37.6 Å². The fourth-order valence-electron chi connectivity index (χ4n) is 3.56. The van der Waals surface area contributed by atoms with Crippen LogP contribution in [0.4, 0.5) is 0 Å². The molecule has 0 radical (unpaired) electrons. The zero-order chi connectivity index (χ0) is 15.6. The molecule has 4 nitrogen and oxygen atoms in total. The molecule has 1 aromatic carbocycles. The Bertz CT molecular complexity index is 525. The number of amides is 1. The van der Waals surface area contributed by atoms with E-state index in [1.54, 1.807) is 0 Å². The molecule has 2 fully saturated rings. The molecule has 1 aromatic rings. The number of piperidine rings is 1. The number of halogens is 1. The maximum absolute atomic E-state index is 13.2. The van der Waals surface area contributed by atoms with E-state index in [2.05, 4.69) is 0 Å². The van der Waals surface area contributed by atoms with E-state index in [4.69, 9.17) is 16.3 Å². The van der Waals surface area contributed by atoms with E-state index in [1.807, 2.05) is 29.2 Å². The SMILES string of the molecule is O=C(N1CCCC(O)C1)C1(c2ccc(Cl)cc2)CCOCC1. The topological polar surface area (TPSA) is 49.8 Å². The number of aliphatic hydroxyl groups excluding tert-OH is 1. The molecule has 2 saturated heterocycles. The number of ether oxygens (including phenoxy) is 1. The predicted molar refractivity (Wildman–Crippen MR) is 85.0 cm³/mol. The first kappa shape index (κ1) is 15.8. The molecule has 1 amide bonds. The van der Waals surface area contributed by atoms with Crippen LogP contribution in [0, 0.1) is 0 Å². The number of benzene rings is 1. The molecule has 0 aliphatic carbocycles. The van der Waals surface area contributed by atoms with Crippen LogP contribution in [0.3, 0.4) is 0 Å². The normalized spacial score (nSPS) is 25.0. The molecule has 120 valence electrons. The third-order valence-electron chi connectivity index (χ3n) is 4.84. The molecule has 1 atom stereocenters. The number of carbonyl (C=O) groups excluding carboxylic acids is 1. The number of hydrogen-bond donors (Lipinski definition) is 1. The quantitative estimate of drug-likeness (QED) is 0.909. The number of likely N-dealkylation sites (tertiary alicyclic amines) is 1. The van der Waals surface area contributed by atoms with Crippen molar-refractivity contribution in [3.63, 3.8) is 0 Å². The summed E-state index contributed by atoms with van der Waals surface area (Å²) in [6.45, 7) is 2.34. The van der Waals surface area contributed by atoms with Gasteiger partial charge in [-0.1, -0.05) is 23.7 Å². The molecule has 2 aliphatic rings. The minimum absolute atomic E-state index is 0.122. The number of carbonyl (C=O) groups is 1. The van der Waals surface area contributed by atoms with Gasteiger partial charge in [-0.3, -0.25) is 4.79 Å². The summed E-state index contributed by atoms with van der Waals surface area (Å²) in [5.41, 5.74) is 0.463. The van der Waals surface area contributed by atoms with Gasteiger partial charge in [0, 0.05) is 31.3 Å². The summed E-state index contributed by atoms with van der Waals surface area (Å²) in [5, 5.41) is 10.6. The molecular weight excluding hydrogens is 302 g/mol. The molecule has 2 heterocycles. The summed E-state index contributed by atoms with van der Waals surface area (Å²) in [6, 6.07) is 7.58. The van der Waals surface area contributed by atoms with Crippen LogP contribution in [0.2, 0.25) is 5.02 Å². The maximum atomic E-state index is 13.2. The fraction of sp³-hybridized carbons (Fsp3) is 0.588. The van der Waals surface area contributed by atoms with Crippen LogP contribution in [0.1, 0.15) is 31.2 Å². The van der Waals surface area contributed by atoms with Gasteiger partial charge in [0.15, 0.2) is 0 Å². The standard InChI is InChI=1S/C17H22ClNO3/c18-14-5-3-13(4-6-14)17(7-10-22-11-8-17)16(21)19-9-1-2-15(20)12-19/h3-6,15,20H,1-2,7-12H2. The van der Waals surface area contributed by atoms with E-state index in [-0.39, 0.29) is 5.91 Å².